The number of carbonyl (C=O) groups excluding carboxylic acids is 1. The van der Waals surface area contributed by atoms with Gasteiger partial charge in [0.25, 0.3) is 0 Å². The molecule has 1 aromatic heterocycles. The number of nitrogens with zero attached hydrogens (tertiary/aromatic N) is 2. The highest BCUT2D eigenvalue weighted by Crippen LogP contribution is 2.22. The number of rotatable bonds is 4. The van der Waals surface area contributed by atoms with Gasteiger partial charge in [0.1, 0.15) is 0 Å². The molecule has 0 bridgehead atoms. The van der Waals surface area contributed by atoms with E-state index in [1.165, 1.54) is 6.20 Å². The second kappa shape index (κ2) is 4.84. The molecule has 0 spiro atoms. The van der Waals surface area contributed by atoms with E-state index in [4.69, 9.17) is 23.1 Å². The van der Waals surface area contributed by atoms with Crippen molar-refractivity contribution in [2.45, 2.75) is 6.92 Å². The summed E-state index contributed by atoms with van der Waals surface area (Å²) in [5, 5.41) is 0.464. The fraction of sp³-hybridized carbons (Fsp3) is 0.333. The molecule has 0 unspecified atom stereocenters. The smallest absolute Gasteiger partial charge is 0.236 e. The van der Waals surface area contributed by atoms with Crippen molar-refractivity contribution in [1.29, 1.82) is 0 Å². The second-order valence-corrected chi connectivity index (χ2v) is 3.48. The van der Waals surface area contributed by atoms with E-state index in [2.05, 4.69) is 4.98 Å². The average molecular weight is 229 g/mol. The van der Waals surface area contributed by atoms with Crippen molar-refractivity contribution in [3.8, 4) is 0 Å². The van der Waals surface area contributed by atoms with E-state index < -0.39 is 5.91 Å². The van der Waals surface area contributed by atoms with Crippen molar-refractivity contribution in [3.05, 3.63) is 17.3 Å². The molecule has 0 atom stereocenters. The Hall–Kier alpha value is -1.49. The van der Waals surface area contributed by atoms with E-state index in [-0.39, 0.29) is 6.54 Å². The van der Waals surface area contributed by atoms with Gasteiger partial charge in [-0.25, -0.2) is 4.98 Å². The zero-order chi connectivity index (χ0) is 11.4. The lowest BCUT2D eigenvalue weighted by Gasteiger charge is -2.21. The van der Waals surface area contributed by atoms with Gasteiger partial charge in [-0.15, -0.1) is 0 Å². The molecule has 1 rings (SSSR count). The fourth-order valence-electron chi connectivity index (χ4n) is 1.24. The van der Waals surface area contributed by atoms with E-state index in [0.717, 1.165) is 0 Å². The van der Waals surface area contributed by atoms with Crippen LogP contribution < -0.4 is 16.4 Å². The van der Waals surface area contributed by atoms with Crippen LogP contribution in [-0.4, -0.2) is 24.0 Å². The molecule has 0 aliphatic carbocycles. The minimum atomic E-state index is -0.423. The first kappa shape index (κ1) is 11.6. The molecular formula is C9H13ClN4O. The molecule has 0 saturated carbocycles. The molecule has 5 nitrogen and oxygen atoms in total. The quantitative estimate of drug-likeness (QED) is 0.792. The van der Waals surface area contributed by atoms with Crippen LogP contribution in [0.4, 0.5) is 11.5 Å². The Morgan fingerprint density at radius 3 is 2.80 bits per heavy atom. The van der Waals surface area contributed by atoms with Crippen molar-refractivity contribution in [2.24, 2.45) is 5.73 Å². The molecule has 0 aromatic carbocycles. The highest BCUT2D eigenvalue weighted by molar-refractivity contribution is 6.30. The van der Waals surface area contributed by atoms with E-state index >= 15 is 0 Å². The predicted octanol–water partition coefficient (Wildman–Crippen LogP) is 0.629. The maximum Gasteiger partial charge on any atom is 0.236 e. The molecule has 6 heteroatoms. The normalized spacial score (nSPS) is 10.0. The molecule has 4 N–H and O–H groups in total. The highest BCUT2D eigenvalue weighted by atomic mass is 35.5. The van der Waals surface area contributed by atoms with Crippen molar-refractivity contribution in [1.82, 2.24) is 4.98 Å². The number of primary amides is 1. The Bertz CT molecular complexity index is 369. The van der Waals surface area contributed by atoms with Gasteiger partial charge in [-0.3, -0.25) is 4.79 Å². The number of pyridine rings is 1. The van der Waals surface area contributed by atoms with E-state index in [1.54, 1.807) is 11.0 Å². The summed E-state index contributed by atoms with van der Waals surface area (Å²) < 4.78 is 0. The number of aromatic nitrogens is 1. The molecular weight excluding hydrogens is 216 g/mol. The number of likely N-dealkylation sites (N-methyl/N-ethyl adjacent to an activating group) is 1. The van der Waals surface area contributed by atoms with Crippen LogP contribution in [-0.2, 0) is 4.79 Å². The van der Waals surface area contributed by atoms with Gasteiger partial charge in [0, 0.05) is 12.7 Å². The molecule has 1 amide bonds. The number of amides is 1. The molecule has 15 heavy (non-hydrogen) atoms. The Morgan fingerprint density at radius 1 is 1.67 bits per heavy atom. The maximum absolute atomic E-state index is 10.8. The third-order valence-corrected chi connectivity index (χ3v) is 2.10. The lowest BCUT2D eigenvalue weighted by molar-refractivity contribution is -0.116. The molecule has 0 aliphatic heterocycles. The summed E-state index contributed by atoms with van der Waals surface area (Å²) in [6.45, 7) is 2.58. The van der Waals surface area contributed by atoms with Gasteiger partial charge in [0.2, 0.25) is 5.91 Å². The van der Waals surface area contributed by atoms with Gasteiger partial charge in [0.05, 0.1) is 17.3 Å². The first-order valence-electron chi connectivity index (χ1n) is 4.49. The van der Waals surface area contributed by atoms with Crippen molar-refractivity contribution in [2.75, 3.05) is 23.7 Å². The third kappa shape index (κ3) is 2.99. The largest absolute Gasteiger partial charge is 0.396 e. The topological polar surface area (TPSA) is 85.2 Å². The van der Waals surface area contributed by atoms with Crippen LogP contribution in [0.25, 0.3) is 0 Å². The number of hydrogen-bond donors (Lipinski definition) is 2. The Labute approximate surface area is 93.0 Å². The van der Waals surface area contributed by atoms with E-state index in [1.807, 2.05) is 6.92 Å². The van der Waals surface area contributed by atoms with Gasteiger partial charge in [0.15, 0.2) is 5.82 Å². The second-order valence-electron chi connectivity index (χ2n) is 3.05. The lowest BCUT2D eigenvalue weighted by atomic mass is 10.3. The minimum absolute atomic E-state index is 0.0926. The van der Waals surface area contributed by atoms with Gasteiger partial charge in [-0.2, -0.15) is 0 Å². The molecule has 0 aliphatic rings. The van der Waals surface area contributed by atoms with Crippen LogP contribution in [0.3, 0.4) is 0 Å². The molecule has 0 radical (unpaired) electrons. The molecule has 1 heterocycles. The number of carbonyl (C=O) groups is 1. The summed E-state index contributed by atoms with van der Waals surface area (Å²) >= 11 is 5.72. The van der Waals surface area contributed by atoms with Crippen molar-refractivity contribution in [3.63, 3.8) is 0 Å². The summed E-state index contributed by atoms with van der Waals surface area (Å²) in [6.07, 6.45) is 1.48. The van der Waals surface area contributed by atoms with Gasteiger partial charge in [-0.1, -0.05) is 11.6 Å². The SMILES string of the molecule is CCN(CC(N)=O)c1ncc(Cl)cc1N. The maximum atomic E-state index is 10.8. The van der Waals surface area contributed by atoms with Crippen molar-refractivity contribution >= 4 is 29.0 Å². The number of nitrogens with two attached hydrogens (primary N) is 2. The zero-order valence-electron chi connectivity index (χ0n) is 8.40. The summed E-state index contributed by atoms with van der Waals surface area (Å²) in [5.74, 6) is 0.105. The minimum Gasteiger partial charge on any atom is -0.396 e. The van der Waals surface area contributed by atoms with E-state index in [0.29, 0.717) is 23.1 Å². The number of halogens is 1. The summed E-state index contributed by atoms with van der Waals surface area (Å²) in [7, 11) is 0. The number of anilines is 2. The van der Waals surface area contributed by atoms with E-state index in [9.17, 15) is 4.79 Å². The number of hydrogen-bond acceptors (Lipinski definition) is 4. The van der Waals surface area contributed by atoms with Crippen LogP contribution >= 0.6 is 11.6 Å². The van der Waals surface area contributed by atoms with Crippen LogP contribution in [0.5, 0.6) is 0 Å². The molecule has 0 saturated heterocycles. The monoisotopic (exact) mass is 228 g/mol. The Balaban J connectivity index is 2.96. The van der Waals surface area contributed by atoms with Gasteiger partial charge >= 0.3 is 0 Å². The fourth-order valence-corrected chi connectivity index (χ4v) is 1.40. The average Bonchev–Trinajstić information content (AvgIpc) is 2.14. The number of nitrogen functional groups attached to an aromatic ring is 1. The summed E-state index contributed by atoms with van der Waals surface area (Å²) in [4.78, 5) is 16.6. The lowest BCUT2D eigenvalue weighted by Crippen LogP contribution is -2.34. The first-order valence-corrected chi connectivity index (χ1v) is 4.86. The van der Waals surface area contributed by atoms with Crippen LogP contribution in [0.2, 0.25) is 5.02 Å². The van der Waals surface area contributed by atoms with Crippen LogP contribution in [0, 0.1) is 0 Å². The van der Waals surface area contributed by atoms with Crippen LogP contribution in [0.1, 0.15) is 6.92 Å². The Morgan fingerprint density at radius 2 is 2.33 bits per heavy atom. The van der Waals surface area contributed by atoms with Crippen molar-refractivity contribution < 1.29 is 4.79 Å². The van der Waals surface area contributed by atoms with Gasteiger partial charge in [-0.05, 0) is 13.0 Å². The third-order valence-electron chi connectivity index (χ3n) is 1.89. The van der Waals surface area contributed by atoms with Crippen LogP contribution in [0.15, 0.2) is 12.3 Å². The molecule has 1 aromatic rings. The highest BCUT2D eigenvalue weighted by Gasteiger charge is 2.11. The molecule has 0 fully saturated rings. The molecule has 82 valence electrons. The first-order chi connectivity index (χ1) is 7.04. The van der Waals surface area contributed by atoms with Gasteiger partial charge < -0.3 is 16.4 Å². The predicted molar refractivity (Wildman–Crippen MR) is 60.7 cm³/mol. The Kier molecular flexibility index (Phi) is 3.74. The standard InChI is InChI=1S/C9H13ClN4O/c1-2-14(5-8(12)15)9-7(11)3-6(10)4-13-9/h3-4H,2,5,11H2,1H3,(H2,12,15). The summed E-state index contributed by atoms with van der Waals surface area (Å²) in [5.41, 5.74) is 11.3. The summed E-state index contributed by atoms with van der Waals surface area (Å²) in [6, 6.07) is 1.59. The zero-order valence-corrected chi connectivity index (χ0v) is 9.16.